The fraction of sp³-hybridized carbons (Fsp3) is 0.421. The summed E-state index contributed by atoms with van der Waals surface area (Å²) in [5.41, 5.74) is 1.55. The number of carbonyl (C=O) groups is 2. The highest BCUT2D eigenvalue weighted by Crippen LogP contribution is 2.36. The molecule has 0 radical (unpaired) electrons. The molecule has 2 N–H and O–H groups in total. The molecule has 2 aromatic heterocycles. The molecular weight excluding hydrogens is 766 g/mol. The van der Waals surface area contributed by atoms with Gasteiger partial charge >= 0.3 is 12.2 Å². The van der Waals surface area contributed by atoms with Crippen LogP contribution >= 0.6 is 0 Å². The topological polar surface area (TPSA) is 179 Å². The molecule has 2 aromatic carbocycles. The van der Waals surface area contributed by atoms with Crippen LogP contribution in [0.15, 0.2) is 47.5 Å². The molecule has 4 aromatic rings. The number of fused-ring (bicyclic) bond motifs is 1. The van der Waals surface area contributed by atoms with Gasteiger partial charge in [0.25, 0.3) is 0 Å². The lowest BCUT2D eigenvalue weighted by Crippen LogP contribution is -2.49. The maximum absolute atomic E-state index is 13.7. The van der Waals surface area contributed by atoms with E-state index in [2.05, 4.69) is 60.6 Å². The Morgan fingerprint density at radius 3 is 2.46 bits per heavy atom. The molecule has 7 rings (SSSR count). The summed E-state index contributed by atoms with van der Waals surface area (Å²) in [4.78, 5) is 35.4. The largest absolute Gasteiger partial charge is 0.480 e. The number of urea groups is 1. The van der Waals surface area contributed by atoms with Gasteiger partial charge in [-0.05, 0) is 80.6 Å². The molecule has 19 heteroatoms. The summed E-state index contributed by atoms with van der Waals surface area (Å²) in [5.74, 6) is 6.03. The van der Waals surface area contributed by atoms with Crippen molar-refractivity contribution in [2.75, 3.05) is 56.6 Å². The van der Waals surface area contributed by atoms with Gasteiger partial charge in [-0.2, -0.15) is 32.8 Å². The number of amides is 3. The highest BCUT2D eigenvalue weighted by atomic mass is 32.2. The number of alkyl halides is 3. The average Bonchev–Trinajstić information content (AvgIpc) is 3.52. The highest BCUT2D eigenvalue weighted by Gasteiger charge is 2.37. The Hall–Kier alpha value is -5.76. The number of ether oxygens (including phenoxy) is 1. The lowest BCUT2D eigenvalue weighted by molar-refractivity contribution is -0.139. The van der Waals surface area contributed by atoms with E-state index in [9.17, 15) is 36.4 Å². The summed E-state index contributed by atoms with van der Waals surface area (Å²) in [6.45, 7) is 2.58. The molecule has 3 aliphatic heterocycles. The first-order valence-corrected chi connectivity index (χ1v) is 19.8. The van der Waals surface area contributed by atoms with Crippen LogP contribution in [0.4, 0.5) is 29.7 Å². The van der Waals surface area contributed by atoms with Crippen LogP contribution in [0.1, 0.15) is 60.3 Å². The van der Waals surface area contributed by atoms with Crippen molar-refractivity contribution in [3.8, 4) is 23.8 Å². The van der Waals surface area contributed by atoms with Gasteiger partial charge in [-0.3, -0.25) is 24.6 Å². The third kappa shape index (κ3) is 8.36. The van der Waals surface area contributed by atoms with Crippen molar-refractivity contribution in [3.05, 3.63) is 64.8 Å². The molecule has 0 unspecified atom stereocenters. The zero-order chi connectivity index (χ0) is 40.5. The van der Waals surface area contributed by atoms with Gasteiger partial charge in [0.05, 0.1) is 29.6 Å². The summed E-state index contributed by atoms with van der Waals surface area (Å²) in [5, 5.41) is 20.5. The minimum Gasteiger partial charge on any atom is -0.480 e. The van der Waals surface area contributed by atoms with Gasteiger partial charge in [0, 0.05) is 56.3 Å². The van der Waals surface area contributed by atoms with Gasteiger partial charge in [0.1, 0.15) is 11.6 Å². The molecule has 3 amide bonds. The summed E-state index contributed by atoms with van der Waals surface area (Å²) in [6, 6.07) is 11.8. The van der Waals surface area contributed by atoms with Gasteiger partial charge in [0.2, 0.25) is 27.8 Å². The Morgan fingerprint density at radius 2 is 1.77 bits per heavy atom. The van der Waals surface area contributed by atoms with Crippen molar-refractivity contribution in [2.45, 2.75) is 55.1 Å². The van der Waals surface area contributed by atoms with Gasteiger partial charge in [-0.25, -0.2) is 18.2 Å². The Balaban J connectivity index is 0.946. The number of sulfonamides is 1. The van der Waals surface area contributed by atoms with Crippen molar-refractivity contribution in [1.29, 1.82) is 5.26 Å². The van der Waals surface area contributed by atoms with Crippen LogP contribution in [-0.2, 0) is 28.0 Å². The smallest absolute Gasteiger partial charge is 0.423 e. The maximum atomic E-state index is 13.7. The molecule has 0 atom stereocenters. The monoisotopic (exact) mass is 804 g/mol. The molecule has 15 nitrogen and oxygen atoms in total. The number of anilines is 2. The standard InChI is InChI=1S/C38H39F3N10O5S/c1-48-32-21-26(6-8-30(32)34(47-48)51-19-13-33(52)45-37(51)53)24-9-15-49(16-10-24)14-3-4-25-20-29(7-5-27(25)22-42)57(54,55)50-17-11-28(12-18-50)44-36-43-23-31(38(39,40)41)35(46-36)56-2/h5-8,20-21,23-24,28H,9-19H2,1-2H3,(H,43,44,46)(H,45,52,53). The molecule has 3 aliphatic rings. The molecule has 3 saturated heterocycles. The Kier molecular flexibility index (Phi) is 11.1. The lowest BCUT2D eigenvalue weighted by Gasteiger charge is -2.31. The Labute approximate surface area is 326 Å². The molecule has 298 valence electrons. The zero-order valence-corrected chi connectivity index (χ0v) is 32.0. The van der Waals surface area contributed by atoms with Crippen LogP contribution in [0, 0.1) is 23.2 Å². The quantitative estimate of drug-likeness (QED) is 0.244. The molecule has 5 heterocycles. The number of aromatic nitrogens is 4. The fourth-order valence-corrected chi connectivity index (χ4v) is 8.88. The number of imide groups is 1. The van der Waals surface area contributed by atoms with E-state index < -0.39 is 33.7 Å². The molecule has 0 aliphatic carbocycles. The van der Waals surface area contributed by atoms with E-state index in [1.165, 1.54) is 33.0 Å². The third-order valence-electron chi connectivity index (χ3n) is 10.5. The van der Waals surface area contributed by atoms with Crippen molar-refractivity contribution in [2.24, 2.45) is 7.05 Å². The number of piperidine rings is 2. The van der Waals surface area contributed by atoms with E-state index in [0.29, 0.717) is 42.9 Å². The molecule has 0 saturated carbocycles. The van der Waals surface area contributed by atoms with Gasteiger partial charge in [-0.15, -0.1) is 0 Å². The van der Waals surface area contributed by atoms with Crippen LogP contribution in [0.2, 0.25) is 0 Å². The van der Waals surface area contributed by atoms with E-state index in [4.69, 9.17) is 4.74 Å². The number of aryl methyl sites for hydroxylation is 1. The molecule has 3 fully saturated rings. The number of benzene rings is 2. The Bertz CT molecular complexity index is 2420. The number of nitrogens with zero attached hydrogens (tertiary/aromatic N) is 8. The van der Waals surface area contributed by atoms with Crippen LogP contribution in [-0.4, -0.2) is 102 Å². The summed E-state index contributed by atoms with van der Waals surface area (Å²) >= 11 is 0. The SMILES string of the molecule is COc1nc(NC2CCN(S(=O)(=O)c3ccc(C#N)c(C#CCN4CCC(c5ccc6c(N7CCC(=O)NC7=O)nn(C)c6c5)CC4)c3)CC2)ncc1C(F)(F)F. The molecule has 0 bridgehead atoms. The zero-order valence-electron chi connectivity index (χ0n) is 31.1. The number of hydrogen-bond donors (Lipinski definition) is 2. The molecule has 57 heavy (non-hydrogen) atoms. The van der Waals surface area contributed by atoms with Crippen molar-refractivity contribution < 1.29 is 35.9 Å². The number of carbonyl (C=O) groups excluding carboxylic acids is 2. The van der Waals surface area contributed by atoms with E-state index in [-0.39, 0.29) is 54.4 Å². The fourth-order valence-electron chi connectivity index (χ4n) is 7.39. The lowest BCUT2D eigenvalue weighted by atomic mass is 9.89. The number of hydrogen-bond acceptors (Lipinski definition) is 11. The normalized spacial score (nSPS) is 17.9. The van der Waals surface area contributed by atoms with Crippen molar-refractivity contribution in [1.82, 2.24) is 34.3 Å². The second-order valence-electron chi connectivity index (χ2n) is 14.1. The molecule has 0 spiro atoms. The van der Waals surface area contributed by atoms with Crippen LogP contribution in [0.5, 0.6) is 5.88 Å². The highest BCUT2D eigenvalue weighted by molar-refractivity contribution is 7.89. The summed E-state index contributed by atoms with van der Waals surface area (Å²) in [6.07, 6.45) is -1.32. The number of likely N-dealkylation sites (tertiary alicyclic amines) is 1. The molecular formula is C38H39F3N10O5S. The number of methoxy groups -OCH3 is 1. The number of halogens is 3. The third-order valence-corrected chi connectivity index (χ3v) is 12.4. The first kappa shape index (κ1) is 39.5. The summed E-state index contributed by atoms with van der Waals surface area (Å²) in [7, 11) is -1.02. The van der Waals surface area contributed by atoms with Crippen molar-refractivity contribution >= 4 is 44.6 Å². The van der Waals surface area contributed by atoms with E-state index in [0.717, 1.165) is 43.9 Å². The van der Waals surface area contributed by atoms with Crippen LogP contribution < -0.4 is 20.3 Å². The van der Waals surface area contributed by atoms with E-state index in [1.54, 1.807) is 4.68 Å². The minimum atomic E-state index is -4.67. The maximum Gasteiger partial charge on any atom is 0.423 e. The van der Waals surface area contributed by atoms with Crippen molar-refractivity contribution in [3.63, 3.8) is 0 Å². The first-order valence-electron chi connectivity index (χ1n) is 18.3. The van der Waals surface area contributed by atoms with Gasteiger partial charge in [0.15, 0.2) is 5.82 Å². The van der Waals surface area contributed by atoms with Gasteiger partial charge < -0.3 is 10.1 Å². The average molecular weight is 805 g/mol. The first-order chi connectivity index (χ1) is 27.2. The predicted octanol–water partition coefficient (Wildman–Crippen LogP) is 4.20. The van der Waals surface area contributed by atoms with Crippen LogP contribution in [0.3, 0.4) is 0 Å². The van der Waals surface area contributed by atoms with E-state index >= 15 is 0 Å². The van der Waals surface area contributed by atoms with Crippen LogP contribution in [0.25, 0.3) is 10.9 Å². The second kappa shape index (κ2) is 16.0. The predicted molar refractivity (Wildman–Crippen MR) is 202 cm³/mol. The number of nitriles is 1. The van der Waals surface area contributed by atoms with E-state index in [1.807, 2.05) is 13.1 Å². The number of nitrogens with one attached hydrogen (secondary N) is 2. The minimum absolute atomic E-state index is 0.0145. The number of rotatable bonds is 8. The summed E-state index contributed by atoms with van der Waals surface area (Å²) < 4.78 is 74.8. The second-order valence-corrected chi connectivity index (χ2v) is 16.0. The van der Waals surface area contributed by atoms with Gasteiger partial charge in [-0.1, -0.05) is 17.9 Å². The Morgan fingerprint density at radius 1 is 1.02 bits per heavy atom.